The fourth-order valence-electron chi connectivity index (χ4n) is 1.58. The first-order chi connectivity index (χ1) is 6.22. The van der Waals surface area contributed by atoms with Crippen LogP contribution in [0.15, 0.2) is 0 Å². The van der Waals surface area contributed by atoms with E-state index in [-0.39, 0.29) is 5.91 Å². The molecule has 0 aliphatic carbocycles. The van der Waals surface area contributed by atoms with E-state index < -0.39 is 0 Å². The summed E-state index contributed by atoms with van der Waals surface area (Å²) in [6.07, 6.45) is 6.23. The van der Waals surface area contributed by atoms with Gasteiger partial charge < -0.3 is 5.32 Å². The summed E-state index contributed by atoms with van der Waals surface area (Å²) in [4.78, 5) is 13.4. The molecule has 3 heteroatoms. The van der Waals surface area contributed by atoms with Crippen LogP contribution in [0.2, 0.25) is 0 Å². The molecule has 1 amide bonds. The topological polar surface area (TPSA) is 32.3 Å². The summed E-state index contributed by atoms with van der Waals surface area (Å²) in [6.45, 7) is 5.10. The predicted octanol–water partition coefficient (Wildman–Crippen LogP) is 0.0776. The lowest BCUT2D eigenvalue weighted by Crippen LogP contribution is -2.36. The van der Waals surface area contributed by atoms with Crippen molar-refractivity contribution >= 4 is 5.91 Å². The fraction of sp³-hybridized carbons (Fsp3) is 0.700. The van der Waals surface area contributed by atoms with Crippen LogP contribution >= 0.6 is 0 Å². The number of likely N-dealkylation sites (tertiary alicyclic amines) is 1. The second-order valence-electron chi connectivity index (χ2n) is 3.61. The van der Waals surface area contributed by atoms with Gasteiger partial charge >= 0.3 is 0 Å². The van der Waals surface area contributed by atoms with Gasteiger partial charge in [-0.1, -0.05) is 12.8 Å². The van der Waals surface area contributed by atoms with Crippen LogP contribution in [0.1, 0.15) is 13.3 Å². The van der Waals surface area contributed by atoms with Gasteiger partial charge in [0, 0.05) is 6.54 Å². The average molecular weight is 180 g/mol. The minimum absolute atomic E-state index is 0.0343. The van der Waals surface area contributed by atoms with Crippen molar-refractivity contribution in [2.75, 3.05) is 26.2 Å². The van der Waals surface area contributed by atoms with Crippen molar-refractivity contribution < 1.29 is 4.79 Å². The van der Waals surface area contributed by atoms with Gasteiger partial charge in [0.05, 0.1) is 13.1 Å². The van der Waals surface area contributed by atoms with Gasteiger partial charge in [0.25, 0.3) is 0 Å². The molecule has 1 atom stereocenters. The van der Waals surface area contributed by atoms with Crippen molar-refractivity contribution in [3.8, 4) is 12.3 Å². The number of carbonyl (C=O) groups excluding carboxylic acids is 1. The summed E-state index contributed by atoms with van der Waals surface area (Å²) < 4.78 is 0. The maximum atomic E-state index is 11.2. The number of hydrogen-bond donors (Lipinski definition) is 1. The molecule has 0 aromatic rings. The van der Waals surface area contributed by atoms with E-state index in [9.17, 15) is 4.79 Å². The van der Waals surface area contributed by atoms with Crippen molar-refractivity contribution in [3.05, 3.63) is 0 Å². The van der Waals surface area contributed by atoms with Gasteiger partial charge in [-0.05, 0) is 18.9 Å². The van der Waals surface area contributed by atoms with Gasteiger partial charge in [-0.3, -0.25) is 9.69 Å². The normalized spacial score (nSPS) is 22.6. The highest BCUT2D eigenvalue weighted by atomic mass is 16.2. The molecule has 0 spiro atoms. The van der Waals surface area contributed by atoms with Crippen LogP contribution in [0.5, 0.6) is 0 Å². The number of hydrogen-bond acceptors (Lipinski definition) is 2. The second-order valence-corrected chi connectivity index (χ2v) is 3.61. The van der Waals surface area contributed by atoms with Crippen LogP contribution in [0.4, 0.5) is 0 Å². The quantitative estimate of drug-likeness (QED) is 0.624. The summed E-state index contributed by atoms with van der Waals surface area (Å²) >= 11 is 0. The molecule has 0 radical (unpaired) electrons. The first kappa shape index (κ1) is 10.1. The van der Waals surface area contributed by atoms with Crippen LogP contribution in [0.25, 0.3) is 0 Å². The molecule has 0 saturated carbocycles. The van der Waals surface area contributed by atoms with Gasteiger partial charge in [0.2, 0.25) is 5.91 Å². The number of terminal acetylenes is 1. The zero-order valence-corrected chi connectivity index (χ0v) is 8.05. The van der Waals surface area contributed by atoms with Gasteiger partial charge in [-0.15, -0.1) is 6.42 Å². The Morgan fingerprint density at radius 3 is 3.08 bits per heavy atom. The Kier molecular flexibility index (Phi) is 3.78. The van der Waals surface area contributed by atoms with Crippen molar-refractivity contribution in [2.45, 2.75) is 13.3 Å². The molecule has 1 heterocycles. The highest BCUT2D eigenvalue weighted by Crippen LogP contribution is 2.13. The highest BCUT2D eigenvalue weighted by Gasteiger charge is 2.19. The Hall–Kier alpha value is -1.01. The molecule has 1 aliphatic heterocycles. The molecular weight excluding hydrogens is 164 g/mol. The van der Waals surface area contributed by atoms with Crippen LogP contribution in [0, 0.1) is 18.3 Å². The van der Waals surface area contributed by atoms with E-state index in [1.807, 2.05) is 0 Å². The van der Waals surface area contributed by atoms with E-state index in [1.165, 1.54) is 6.42 Å². The molecule has 0 bridgehead atoms. The highest BCUT2D eigenvalue weighted by molar-refractivity contribution is 5.78. The zero-order chi connectivity index (χ0) is 9.68. The van der Waals surface area contributed by atoms with Crippen LogP contribution < -0.4 is 5.32 Å². The Balaban J connectivity index is 2.18. The summed E-state index contributed by atoms with van der Waals surface area (Å²) in [6, 6.07) is 0. The third kappa shape index (κ3) is 3.47. The molecule has 0 aromatic heterocycles. The molecule has 0 aromatic carbocycles. The fourth-order valence-corrected chi connectivity index (χ4v) is 1.58. The molecule has 3 nitrogen and oxygen atoms in total. The molecule has 1 fully saturated rings. The number of rotatable bonds is 3. The number of nitrogens with one attached hydrogen (secondary N) is 1. The van der Waals surface area contributed by atoms with E-state index in [0.717, 1.165) is 19.0 Å². The number of nitrogens with zero attached hydrogens (tertiary/aromatic N) is 1. The van der Waals surface area contributed by atoms with Crippen LogP contribution in [-0.2, 0) is 4.79 Å². The van der Waals surface area contributed by atoms with Crippen molar-refractivity contribution in [1.82, 2.24) is 10.2 Å². The maximum absolute atomic E-state index is 11.2. The third-order valence-corrected chi connectivity index (χ3v) is 2.26. The lowest BCUT2D eigenvalue weighted by molar-refractivity contribution is -0.121. The molecule has 1 N–H and O–H groups in total. The number of carbonyl (C=O) groups is 1. The maximum Gasteiger partial charge on any atom is 0.234 e. The van der Waals surface area contributed by atoms with Crippen molar-refractivity contribution in [2.24, 2.45) is 5.92 Å². The first-order valence-corrected chi connectivity index (χ1v) is 4.65. The van der Waals surface area contributed by atoms with E-state index in [4.69, 9.17) is 6.42 Å². The third-order valence-electron chi connectivity index (χ3n) is 2.26. The Morgan fingerprint density at radius 2 is 2.54 bits per heavy atom. The first-order valence-electron chi connectivity index (χ1n) is 4.65. The summed E-state index contributed by atoms with van der Waals surface area (Å²) in [5, 5.41) is 2.66. The smallest absolute Gasteiger partial charge is 0.234 e. The average Bonchev–Trinajstić information content (AvgIpc) is 2.48. The van der Waals surface area contributed by atoms with Crippen LogP contribution in [0.3, 0.4) is 0 Å². The lowest BCUT2D eigenvalue weighted by atomic mass is 10.2. The lowest BCUT2D eigenvalue weighted by Gasteiger charge is -2.13. The second kappa shape index (κ2) is 4.88. The van der Waals surface area contributed by atoms with E-state index in [1.54, 1.807) is 0 Å². The van der Waals surface area contributed by atoms with Gasteiger partial charge in [0.1, 0.15) is 0 Å². The predicted molar refractivity (Wildman–Crippen MR) is 52.1 cm³/mol. The van der Waals surface area contributed by atoms with Crippen molar-refractivity contribution in [1.29, 1.82) is 0 Å². The molecular formula is C10H16N2O. The molecule has 1 saturated heterocycles. The Morgan fingerprint density at radius 1 is 1.77 bits per heavy atom. The zero-order valence-electron chi connectivity index (χ0n) is 8.05. The van der Waals surface area contributed by atoms with Gasteiger partial charge in [0.15, 0.2) is 0 Å². The molecule has 13 heavy (non-hydrogen) atoms. The molecule has 1 unspecified atom stereocenters. The minimum atomic E-state index is 0.0343. The minimum Gasteiger partial charge on any atom is -0.344 e. The van der Waals surface area contributed by atoms with Crippen molar-refractivity contribution in [3.63, 3.8) is 0 Å². The molecule has 1 aliphatic rings. The van der Waals surface area contributed by atoms with Crippen LogP contribution in [-0.4, -0.2) is 37.0 Å². The standard InChI is InChI=1S/C10H16N2O/c1-3-5-11-10(13)8-12-6-4-9(2)7-12/h1,9H,4-8H2,2H3,(H,11,13). The SMILES string of the molecule is C#CCNC(=O)CN1CCC(C)C1. The Bertz CT molecular complexity index is 219. The van der Waals surface area contributed by atoms with E-state index in [0.29, 0.717) is 13.1 Å². The van der Waals surface area contributed by atoms with Gasteiger partial charge in [-0.2, -0.15) is 0 Å². The Labute approximate surface area is 79.5 Å². The van der Waals surface area contributed by atoms with E-state index >= 15 is 0 Å². The largest absolute Gasteiger partial charge is 0.344 e. The molecule has 1 rings (SSSR count). The monoisotopic (exact) mass is 180 g/mol. The molecule has 72 valence electrons. The van der Waals surface area contributed by atoms with Gasteiger partial charge in [-0.25, -0.2) is 0 Å². The number of amides is 1. The summed E-state index contributed by atoms with van der Waals surface area (Å²) in [5.41, 5.74) is 0. The summed E-state index contributed by atoms with van der Waals surface area (Å²) in [5.74, 6) is 3.14. The van der Waals surface area contributed by atoms with E-state index in [2.05, 4.69) is 23.1 Å². The summed E-state index contributed by atoms with van der Waals surface area (Å²) in [7, 11) is 0.